The highest BCUT2D eigenvalue weighted by Gasteiger charge is 2.20. The fraction of sp³-hybridized carbons (Fsp3) is 0.308. The van der Waals surface area contributed by atoms with E-state index in [1.54, 1.807) is 49.4 Å². The van der Waals surface area contributed by atoms with Gasteiger partial charge in [0.05, 0.1) is 12.4 Å². The number of carbonyl (C=O) groups is 2. The van der Waals surface area contributed by atoms with Crippen molar-refractivity contribution in [1.29, 1.82) is 10.8 Å². The molecule has 2 amide bonds. The molecule has 2 aromatic carbocycles. The number of ether oxygens (including phenoxy) is 2. The second-order valence-corrected chi connectivity index (χ2v) is 8.42. The van der Waals surface area contributed by atoms with Gasteiger partial charge in [0.15, 0.2) is 0 Å². The first-order valence-corrected chi connectivity index (χ1v) is 11.7. The van der Waals surface area contributed by atoms with Crippen LogP contribution in [0.15, 0.2) is 48.5 Å². The number of rotatable bonds is 10. The van der Waals surface area contributed by atoms with E-state index in [1.807, 2.05) is 4.90 Å². The molecule has 0 bridgehead atoms. The summed E-state index contributed by atoms with van der Waals surface area (Å²) in [4.78, 5) is 25.6. The molecule has 1 heterocycles. The molecule has 1 fully saturated rings. The van der Waals surface area contributed by atoms with Crippen molar-refractivity contribution in [3.05, 3.63) is 65.2 Å². The largest absolute Gasteiger partial charge is 0.491 e. The Bertz CT molecular complexity index is 1140. The third-order valence-corrected chi connectivity index (χ3v) is 5.73. The lowest BCUT2D eigenvalue weighted by atomic mass is 10.1. The van der Waals surface area contributed by atoms with Gasteiger partial charge in [-0.2, -0.15) is 0 Å². The molecule has 0 aliphatic carbocycles. The molecule has 10 nitrogen and oxygen atoms in total. The van der Waals surface area contributed by atoms with E-state index >= 15 is 0 Å². The molecule has 2 aromatic rings. The number of amidine groups is 2. The number of benzene rings is 2. The van der Waals surface area contributed by atoms with Gasteiger partial charge in [-0.25, -0.2) is 0 Å². The van der Waals surface area contributed by atoms with Crippen molar-refractivity contribution < 1.29 is 19.1 Å². The van der Waals surface area contributed by atoms with Gasteiger partial charge in [0.1, 0.15) is 30.0 Å². The minimum Gasteiger partial charge on any atom is -0.491 e. The van der Waals surface area contributed by atoms with Crippen LogP contribution >= 0.6 is 0 Å². The number of nitrogen functional groups attached to an aromatic ring is 1. The van der Waals surface area contributed by atoms with Gasteiger partial charge in [0, 0.05) is 48.7 Å². The Morgan fingerprint density at radius 3 is 2.36 bits per heavy atom. The summed E-state index contributed by atoms with van der Waals surface area (Å²) in [6.45, 7) is 3.82. The Labute approximate surface area is 210 Å². The molecule has 1 aliphatic rings. The van der Waals surface area contributed by atoms with Crippen molar-refractivity contribution >= 4 is 29.6 Å². The molecule has 0 aromatic heterocycles. The van der Waals surface area contributed by atoms with E-state index in [0.29, 0.717) is 34.0 Å². The zero-order valence-electron chi connectivity index (χ0n) is 20.3. The predicted molar refractivity (Wildman–Crippen MR) is 139 cm³/mol. The van der Waals surface area contributed by atoms with E-state index in [1.165, 1.54) is 12.2 Å². The van der Waals surface area contributed by atoms with Crippen LogP contribution in [-0.2, 0) is 4.79 Å². The summed E-state index contributed by atoms with van der Waals surface area (Å²) >= 11 is 0. The number of nitrogens with zero attached hydrogens (tertiary/aromatic N) is 1. The third-order valence-electron chi connectivity index (χ3n) is 5.73. The van der Waals surface area contributed by atoms with Crippen LogP contribution in [0.2, 0.25) is 0 Å². The number of amides is 2. The minimum atomic E-state index is -0.594. The normalized spacial score (nSPS) is 13.9. The maximum absolute atomic E-state index is 12.5. The lowest BCUT2D eigenvalue weighted by Crippen LogP contribution is -2.40. The summed E-state index contributed by atoms with van der Waals surface area (Å²) in [6.07, 6.45) is 4.54. The number of primary amides is 1. The second kappa shape index (κ2) is 12.4. The summed E-state index contributed by atoms with van der Waals surface area (Å²) in [5.41, 5.74) is 12.3. The molecule has 3 rings (SSSR count). The topological polar surface area (TPSA) is 168 Å². The van der Waals surface area contributed by atoms with E-state index < -0.39 is 5.91 Å². The molecule has 7 N–H and O–H groups in total. The number of hydrogen-bond acceptors (Lipinski definition) is 6. The fourth-order valence-electron chi connectivity index (χ4n) is 3.75. The Morgan fingerprint density at radius 1 is 1.08 bits per heavy atom. The molecule has 36 heavy (non-hydrogen) atoms. The zero-order valence-corrected chi connectivity index (χ0v) is 20.3. The minimum absolute atomic E-state index is 0.0987. The molecule has 0 radical (unpaired) electrons. The van der Waals surface area contributed by atoms with E-state index in [0.717, 1.165) is 25.9 Å². The van der Waals surface area contributed by atoms with Gasteiger partial charge in [-0.3, -0.25) is 20.4 Å². The monoisotopic (exact) mass is 492 g/mol. The van der Waals surface area contributed by atoms with Gasteiger partial charge in [0.2, 0.25) is 5.91 Å². The molecule has 1 saturated heterocycles. The van der Waals surface area contributed by atoms with Crippen molar-refractivity contribution in [2.24, 2.45) is 11.5 Å². The van der Waals surface area contributed by atoms with E-state index in [-0.39, 0.29) is 31.0 Å². The van der Waals surface area contributed by atoms with Gasteiger partial charge < -0.3 is 31.2 Å². The lowest BCUT2D eigenvalue weighted by Gasteiger charge is -2.32. The van der Waals surface area contributed by atoms with Crippen LogP contribution in [-0.4, -0.2) is 60.7 Å². The van der Waals surface area contributed by atoms with Gasteiger partial charge >= 0.3 is 0 Å². The Morgan fingerprint density at radius 2 is 1.75 bits per heavy atom. The lowest BCUT2D eigenvalue weighted by molar-refractivity contribution is -0.113. The van der Waals surface area contributed by atoms with Gasteiger partial charge in [0.25, 0.3) is 5.91 Å². The highest BCUT2D eigenvalue weighted by Crippen LogP contribution is 2.22. The van der Waals surface area contributed by atoms with Crippen LogP contribution in [0.1, 0.15) is 41.3 Å². The number of nitrogens with one attached hydrogen (secondary N) is 3. The van der Waals surface area contributed by atoms with Crippen molar-refractivity contribution in [3.8, 4) is 11.5 Å². The number of hydrogen-bond donors (Lipinski definition) is 5. The van der Waals surface area contributed by atoms with E-state index in [4.69, 9.17) is 31.8 Å². The first-order chi connectivity index (χ1) is 17.2. The van der Waals surface area contributed by atoms with Crippen LogP contribution in [0.25, 0.3) is 6.08 Å². The number of likely N-dealkylation sites (tertiary alicyclic amines) is 1. The predicted octanol–water partition coefficient (Wildman–Crippen LogP) is 2.12. The molecule has 190 valence electrons. The van der Waals surface area contributed by atoms with Crippen molar-refractivity contribution in [3.63, 3.8) is 0 Å². The first-order valence-electron chi connectivity index (χ1n) is 11.7. The molecule has 10 heteroatoms. The quantitative estimate of drug-likeness (QED) is 0.147. The summed E-state index contributed by atoms with van der Waals surface area (Å²) in [5, 5.41) is 18.1. The molecule has 0 atom stereocenters. The summed E-state index contributed by atoms with van der Waals surface area (Å²) < 4.78 is 11.8. The first kappa shape index (κ1) is 26.3. The highest BCUT2D eigenvalue weighted by atomic mass is 16.5. The molecule has 1 aliphatic heterocycles. The average molecular weight is 493 g/mol. The van der Waals surface area contributed by atoms with Crippen molar-refractivity contribution in [2.75, 3.05) is 26.2 Å². The van der Waals surface area contributed by atoms with Crippen LogP contribution in [0.5, 0.6) is 11.5 Å². The zero-order chi connectivity index (χ0) is 26.1. The summed E-state index contributed by atoms with van der Waals surface area (Å²) in [7, 11) is 0. The second-order valence-electron chi connectivity index (χ2n) is 8.42. The van der Waals surface area contributed by atoms with Crippen LogP contribution in [0.3, 0.4) is 0 Å². The highest BCUT2D eigenvalue weighted by molar-refractivity contribution is 5.96. The Hall–Kier alpha value is -4.34. The maximum Gasteiger partial charge on any atom is 0.251 e. The smallest absolute Gasteiger partial charge is 0.251 e. The van der Waals surface area contributed by atoms with Crippen LogP contribution < -0.4 is 26.3 Å². The number of piperidine rings is 1. The van der Waals surface area contributed by atoms with E-state index in [2.05, 4.69) is 5.32 Å². The molecular weight excluding hydrogens is 460 g/mol. The fourth-order valence-corrected chi connectivity index (χ4v) is 3.75. The average Bonchev–Trinajstić information content (AvgIpc) is 2.86. The Balaban J connectivity index is 1.49. The standard InChI is InChI=1S/C26H32N6O4/c1-17(27)32-13-10-22(11-14-32)36-21-7-4-19(5-8-21)26(34)31-12-15-35-23-16-20(25(29)30)3-2-18(23)6-9-24(28)33/h2-9,16,22,27H,10-15H2,1H3,(H2,28,33)(H3,29,30)(H,31,34). The number of nitrogens with two attached hydrogens (primary N) is 2. The SMILES string of the molecule is CC(=N)N1CCC(Oc2ccc(C(=O)NCCOc3cc(C(=N)N)ccc3C=CC(N)=O)cc2)CC1. The van der Waals surface area contributed by atoms with E-state index in [9.17, 15) is 9.59 Å². The van der Waals surface area contributed by atoms with Gasteiger partial charge in [-0.05, 0) is 43.3 Å². The van der Waals surface area contributed by atoms with Crippen LogP contribution in [0.4, 0.5) is 0 Å². The van der Waals surface area contributed by atoms with Gasteiger partial charge in [-0.1, -0.05) is 12.1 Å². The molecule has 0 unspecified atom stereocenters. The van der Waals surface area contributed by atoms with Gasteiger partial charge in [-0.15, -0.1) is 0 Å². The van der Waals surface area contributed by atoms with Crippen LogP contribution in [0, 0.1) is 10.8 Å². The maximum atomic E-state index is 12.5. The molecule has 0 saturated carbocycles. The van der Waals surface area contributed by atoms with Crippen molar-refractivity contribution in [1.82, 2.24) is 10.2 Å². The Kier molecular flexibility index (Phi) is 9.04. The molecular formula is C26H32N6O4. The summed E-state index contributed by atoms with van der Waals surface area (Å²) in [6, 6.07) is 11.9. The number of carbonyl (C=O) groups excluding carboxylic acids is 2. The molecule has 0 spiro atoms. The summed E-state index contributed by atoms with van der Waals surface area (Å²) in [5.74, 6) is 0.756. The third kappa shape index (κ3) is 7.59. The van der Waals surface area contributed by atoms with Crippen molar-refractivity contribution in [2.45, 2.75) is 25.9 Å².